The van der Waals surface area contributed by atoms with Crippen molar-refractivity contribution >= 4 is 51.6 Å². The molecule has 0 bridgehead atoms. The predicted molar refractivity (Wildman–Crippen MR) is 127 cm³/mol. The summed E-state index contributed by atoms with van der Waals surface area (Å²) >= 11 is 5.83. The number of halogens is 1. The minimum atomic E-state index is -0.604. The number of aromatic amines is 1. The maximum atomic E-state index is 12.8. The second-order valence-electron chi connectivity index (χ2n) is 7.41. The summed E-state index contributed by atoms with van der Waals surface area (Å²) < 4.78 is 1.13. The van der Waals surface area contributed by atoms with Crippen LogP contribution in [0.2, 0.25) is 5.02 Å². The molecular formula is C23H16ClN7O3. The largest absolute Gasteiger partial charge is 0.326 e. The van der Waals surface area contributed by atoms with E-state index in [1.807, 2.05) is 30.3 Å². The van der Waals surface area contributed by atoms with Crippen LogP contribution in [0.3, 0.4) is 0 Å². The molecule has 0 radical (unpaired) electrons. The first-order valence-electron chi connectivity index (χ1n) is 10.2. The van der Waals surface area contributed by atoms with Crippen LogP contribution in [0.15, 0.2) is 71.5 Å². The smallest absolute Gasteiger partial charge is 0.308 e. The third-order valence-corrected chi connectivity index (χ3v) is 5.34. The lowest BCUT2D eigenvalue weighted by molar-refractivity contribution is 0.0991. The molecule has 0 aliphatic carbocycles. The number of amides is 2. The monoisotopic (exact) mass is 473 g/mol. The van der Waals surface area contributed by atoms with E-state index in [0.29, 0.717) is 16.3 Å². The van der Waals surface area contributed by atoms with Gasteiger partial charge in [0.15, 0.2) is 5.78 Å². The summed E-state index contributed by atoms with van der Waals surface area (Å²) in [4.78, 5) is 41.8. The van der Waals surface area contributed by atoms with E-state index in [1.165, 1.54) is 0 Å². The van der Waals surface area contributed by atoms with Crippen molar-refractivity contribution in [1.29, 1.82) is 0 Å². The number of anilines is 2. The molecule has 2 aromatic heterocycles. The van der Waals surface area contributed by atoms with Crippen LogP contribution in [0, 0.1) is 0 Å². The van der Waals surface area contributed by atoms with Gasteiger partial charge in [-0.1, -0.05) is 48.0 Å². The van der Waals surface area contributed by atoms with E-state index in [4.69, 9.17) is 11.6 Å². The number of aromatic nitrogens is 5. The van der Waals surface area contributed by atoms with Gasteiger partial charge in [0, 0.05) is 16.3 Å². The van der Waals surface area contributed by atoms with Crippen molar-refractivity contribution in [1.82, 2.24) is 24.8 Å². The summed E-state index contributed by atoms with van der Waals surface area (Å²) in [6.07, 6.45) is -0.211. The Morgan fingerprint density at radius 3 is 2.50 bits per heavy atom. The maximum absolute atomic E-state index is 12.8. The zero-order valence-corrected chi connectivity index (χ0v) is 18.2. The third kappa shape index (κ3) is 4.34. The molecule has 2 amide bonds. The fourth-order valence-electron chi connectivity index (χ4n) is 3.40. The summed E-state index contributed by atoms with van der Waals surface area (Å²) in [5, 5.41) is 17.8. The van der Waals surface area contributed by atoms with Crippen molar-refractivity contribution in [3.63, 3.8) is 0 Å². The first-order chi connectivity index (χ1) is 16.5. The molecule has 10 nitrogen and oxygen atoms in total. The average molecular weight is 474 g/mol. The number of rotatable bonds is 5. The van der Waals surface area contributed by atoms with Crippen molar-refractivity contribution in [3.8, 4) is 0 Å². The number of benzene rings is 3. The lowest BCUT2D eigenvalue weighted by atomic mass is 10.0. The van der Waals surface area contributed by atoms with Crippen LogP contribution in [0.4, 0.5) is 16.4 Å². The van der Waals surface area contributed by atoms with E-state index in [1.54, 1.807) is 36.4 Å². The highest BCUT2D eigenvalue weighted by Crippen LogP contribution is 2.17. The van der Waals surface area contributed by atoms with Gasteiger partial charge in [0.05, 0.1) is 6.42 Å². The average Bonchev–Trinajstić information content (AvgIpc) is 3.21. The Labute approximate surface area is 196 Å². The fourth-order valence-corrected chi connectivity index (χ4v) is 3.53. The molecule has 3 aromatic carbocycles. The molecule has 5 aromatic rings. The van der Waals surface area contributed by atoms with E-state index in [0.717, 1.165) is 15.3 Å². The molecule has 168 valence electrons. The molecule has 0 aliphatic rings. The van der Waals surface area contributed by atoms with Gasteiger partial charge in [0.2, 0.25) is 0 Å². The number of Topliss-reactive ketones (excluding diaryl/α,β-unsaturated/α-hetero) is 1. The fraction of sp³-hybridized carbons (Fsp3) is 0.0435. The minimum Gasteiger partial charge on any atom is -0.308 e. The summed E-state index contributed by atoms with van der Waals surface area (Å²) in [5.74, 6) is -0.269. The number of H-pyrrole nitrogens is 1. The van der Waals surface area contributed by atoms with Crippen LogP contribution in [-0.4, -0.2) is 36.6 Å². The Balaban J connectivity index is 1.34. The molecule has 0 unspecified atom stereocenters. The van der Waals surface area contributed by atoms with Gasteiger partial charge < -0.3 is 5.32 Å². The van der Waals surface area contributed by atoms with Crippen LogP contribution in [0.25, 0.3) is 16.6 Å². The predicted octanol–water partition coefficient (Wildman–Crippen LogP) is 3.69. The maximum Gasteiger partial charge on any atom is 0.326 e. The lowest BCUT2D eigenvalue weighted by Crippen LogP contribution is -2.25. The Morgan fingerprint density at radius 2 is 1.71 bits per heavy atom. The van der Waals surface area contributed by atoms with Crippen LogP contribution >= 0.6 is 11.6 Å². The highest BCUT2D eigenvalue weighted by Gasteiger charge is 2.16. The van der Waals surface area contributed by atoms with Gasteiger partial charge >= 0.3 is 6.03 Å². The summed E-state index contributed by atoms with van der Waals surface area (Å²) in [5.41, 5.74) is 0.386. The zero-order chi connectivity index (χ0) is 23.7. The number of urea groups is 1. The molecule has 0 fully saturated rings. The lowest BCUT2D eigenvalue weighted by Gasteiger charge is -2.06. The number of ketones is 1. The number of nitrogens with one attached hydrogen (secondary N) is 3. The van der Waals surface area contributed by atoms with E-state index in [9.17, 15) is 14.4 Å². The molecule has 3 N–H and O–H groups in total. The van der Waals surface area contributed by atoms with Gasteiger partial charge in [-0.2, -0.15) is 4.52 Å². The molecule has 5 rings (SSSR count). The number of carbonyl (C=O) groups excluding carboxylic acids is 2. The van der Waals surface area contributed by atoms with Gasteiger partial charge in [-0.15, -0.1) is 10.2 Å². The molecule has 11 heteroatoms. The highest BCUT2D eigenvalue weighted by atomic mass is 35.5. The SMILES string of the molecule is O=C(Nc1ccc(Cl)cc1)Nc1nnc2nc(CC(=O)c3ccc4ccccc4c3)c(=O)[nH]n12. The second-order valence-corrected chi connectivity index (χ2v) is 7.84. The normalized spacial score (nSPS) is 11.0. The highest BCUT2D eigenvalue weighted by molar-refractivity contribution is 6.30. The van der Waals surface area contributed by atoms with Crippen LogP contribution < -0.4 is 16.2 Å². The van der Waals surface area contributed by atoms with Crippen LogP contribution in [0.1, 0.15) is 16.1 Å². The molecule has 0 saturated carbocycles. The molecule has 0 atom stereocenters. The van der Waals surface area contributed by atoms with Crippen LogP contribution in [0.5, 0.6) is 0 Å². The molecule has 0 aliphatic heterocycles. The molecular weight excluding hydrogens is 458 g/mol. The van der Waals surface area contributed by atoms with E-state index in [-0.39, 0.29) is 29.6 Å². The molecule has 2 heterocycles. The molecule has 0 saturated heterocycles. The molecule has 0 spiro atoms. The van der Waals surface area contributed by atoms with E-state index < -0.39 is 11.6 Å². The van der Waals surface area contributed by atoms with E-state index in [2.05, 4.69) is 30.9 Å². The van der Waals surface area contributed by atoms with Gasteiger partial charge in [-0.05, 0) is 41.1 Å². The summed E-state index contributed by atoms with van der Waals surface area (Å²) in [6, 6.07) is 19.0. The summed E-state index contributed by atoms with van der Waals surface area (Å²) in [6.45, 7) is 0. The van der Waals surface area contributed by atoms with Crippen molar-refractivity contribution in [3.05, 3.63) is 93.4 Å². The Bertz CT molecular complexity index is 1610. The minimum absolute atomic E-state index is 0.00442. The van der Waals surface area contributed by atoms with Crippen molar-refractivity contribution in [2.45, 2.75) is 6.42 Å². The van der Waals surface area contributed by atoms with Gasteiger partial charge in [-0.3, -0.25) is 20.0 Å². The number of hydrogen-bond donors (Lipinski definition) is 3. The Hall–Kier alpha value is -4.57. The second kappa shape index (κ2) is 8.75. The topological polar surface area (TPSA) is 134 Å². The van der Waals surface area contributed by atoms with Gasteiger partial charge in [0.1, 0.15) is 5.69 Å². The number of nitrogens with zero attached hydrogens (tertiary/aromatic N) is 4. The number of hydrogen-bond acceptors (Lipinski definition) is 6. The molecule has 34 heavy (non-hydrogen) atoms. The van der Waals surface area contributed by atoms with Crippen molar-refractivity contribution < 1.29 is 9.59 Å². The quantitative estimate of drug-likeness (QED) is 0.333. The summed E-state index contributed by atoms with van der Waals surface area (Å²) in [7, 11) is 0. The van der Waals surface area contributed by atoms with Gasteiger partial charge in [0.25, 0.3) is 17.3 Å². The van der Waals surface area contributed by atoms with Gasteiger partial charge in [-0.25, -0.2) is 9.78 Å². The van der Waals surface area contributed by atoms with Crippen LogP contribution in [-0.2, 0) is 6.42 Å². The first-order valence-corrected chi connectivity index (χ1v) is 10.5. The number of fused-ring (bicyclic) bond motifs is 2. The Kier molecular flexibility index (Phi) is 5.48. The third-order valence-electron chi connectivity index (χ3n) is 5.08. The first kappa shape index (κ1) is 21.3. The van der Waals surface area contributed by atoms with E-state index >= 15 is 0 Å². The van der Waals surface area contributed by atoms with Crippen molar-refractivity contribution in [2.75, 3.05) is 10.6 Å². The van der Waals surface area contributed by atoms with Crippen molar-refractivity contribution in [2.24, 2.45) is 0 Å². The number of carbonyl (C=O) groups is 2. The Morgan fingerprint density at radius 1 is 0.941 bits per heavy atom. The standard InChI is InChI=1S/C23H16ClN7O3/c24-16-7-9-17(10-8-16)25-23(34)27-22-29-28-21-26-18(20(33)30-31(21)22)12-19(32)15-6-5-13-3-1-2-4-14(13)11-15/h1-11H,12H2,(H,30,33)(H2,25,27,29,34). The zero-order valence-electron chi connectivity index (χ0n) is 17.4.